The zero-order chi connectivity index (χ0) is 46.1. The monoisotopic (exact) mass is 1100 g/mol. The molecule has 344 valence electrons. The second kappa shape index (κ2) is 32.4. The number of rotatable bonds is 16. The molecule has 0 aliphatic rings. The minimum atomic E-state index is -4.56. The summed E-state index contributed by atoms with van der Waals surface area (Å²) in [6.45, 7) is 0. The van der Waals surface area contributed by atoms with E-state index in [-0.39, 0.29) is 147 Å². The van der Waals surface area contributed by atoms with E-state index in [1.165, 1.54) is 48.5 Å². The van der Waals surface area contributed by atoms with Crippen LogP contribution in [0.25, 0.3) is 0 Å². The maximum absolute atomic E-state index is 11.2. The van der Waals surface area contributed by atoms with Gasteiger partial charge < -0.3 is 82.5 Å². The Balaban J connectivity index is -0.000000113. The Morgan fingerprint density at radius 2 is 0.406 bits per heavy atom. The number of hydrogen-bond donors (Lipinski definition) is 12. The molecule has 4 unspecified atom stereocenters. The molecule has 4 atom stereocenters. The number of benzene rings is 4. The molecular weight excluding hydrogens is 1060 g/mol. The van der Waals surface area contributed by atoms with Crippen molar-refractivity contribution >= 4 is 60.8 Å². The molecule has 64 heavy (non-hydrogen) atoms. The van der Waals surface area contributed by atoms with Crippen molar-refractivity contribution in [2.24, 2.45) is 0 Å². The molecule has 0 aromatic heterocycles. The Morgan fingerprint density at radius 3 is 0.516 bits per heavy atom. The summed E-state index contributed by atoms with van der Waals surface area (Å²) in [5, 5.41) is 0. The van der Waals surface area contributed by atoms with Gasteiger partial charge in [0, 0.05) is 0 Å². The van der Waals surface area contributed by atoms with Gasteiger partial charge in [0.25, 0.3) is 0 Å². The molecule has 4 aromatic rings. The first-order valence-corrected chi connectivity index (χ1v) is 29.8. The van der Waals surface area contributed by atoms with E-state index in [9.17, 15) is 36.5 Å². The molecule has 36 heteroatoms. The van der Waals surface area contributed by atoms with Crippen molar-refractivity contribution in [3.05, 3.63) is 121 Å². The Hall–Kier alpha value is 1.44. The Kier molecular flexibility index (Phi) is 36.5. The van der Waals surface area contributed by atoms with Gasteiger partial charge in [0.15, 0.2) is 23.6 Å². The van der Waals surface area contributed by atoms with Gasteiger partial charge in [0.05, 0.1) is 0 Å². The predicted molar refractivity (Wildman–Crippen MR) is 220 cm³/mol. The molecule has 4 aromatic carbocycles. The van der Waals surface area contributed by atoms with Crippen LogP contribution < -0.4 is 136 Å². The fourth-order valence-electron chi connectivity index (χ4n) is 3.63. The van der Waals surface area contributed by atoms with Crippen LogP contribution in [-0.2, 0) is 36.5 Å². The summed E-state index contributed by atoms with van der Waals surface area (Å²) in [4.78, 5) is 105. The van der Waals surface area contributed by atoms with Crippen LogP contribution in [0.5, 0.6) is 23.0 Å². The minimum absolute atomic E-state index is 0. The summed E-state index contributed by atoms with van der Waals surface area (Å²) < 4.78 is 105. The van der Waals surface area contributed by atoms with E-state index >= 15 is 0 Å². The van der Waals surface area contributed by atoms with Crippen LogP contribution in [0.4, 0.5) is 0 Å². The molecule has 0 saturated heterocycles. The van der Waals surface area contributed by atoms with Crippen molar-refractivity contribution in [2.75, 3.05) is 23.6 Å². The third-order valence-electron chi connectivity index (χ3n) is 5.42. The van der Waals surface area contributed by atoms with E-state index in [2.05, 4.69) is 18.1 Å². The maximum Gasteiger partial charge on any atom is 1.00 e. The predicted octanol–water partition coefficient (Wildman–Crippen LogP) is -5.99. The van der Waals surface area contributed by atoms with Gasteiger partial charge in [0.2, 0.25) is 0 Å². The van der Waals surface area contributed by atoms with Crippen molar-refractivity contribution in [1.29, 1.82) is 0 Å². The first-order valence-electron chi connectivity index (χ1n) is 15.6. The largest absolute Gasteiger partial charge is 1.00 e. The van der Waals surface area contributed by atoms with Crippen molar-refractivity contribution in [2.45, 2.75) is 0 Å². The third kappa shape index (κ3) is 41.2. The van der Waals surface area contributed by atoms with E-state index in [1.54, 1.807) is 72.8 Å². The smallest absolute Gasteiger partial charge is 1.00 e. The van der Waals surface area contributed by atoms with Crippen molar-refractivity contribution in [1.82, 2.24) is 0 Å². The molecule has 0 bridgehead atoms. The SMILES string of the molecule is O=P(O)(O)CP(=O)(O)Oc1ccccc1.O=P(O)(O)CP(=O)(O)Oc1ccccc1.O=P(O)(O)CP(=O)(O)Oc1ccccc1.O=P(O)(O)CP(=O)(O)Oc1ccccc1.[H-].[H-].[H-].[H-].[Na+].[Na+].[Na+].[Na+]. The normalized spacial score (nSPS) is 14.7. The molecule has 0 heterocycles. The van der Waals surface area contributed by atoms with Gasteiger partial charge in [-0.25, -0.2) is 18.3 Å². The summed E-state index contributed by atoms with van der Waals surface area (Å²) in [6.07, 6.45) is 0. The molecule has 0 aliphatic heterocycles. The van der Waals surface area contributed by atoms with E-state index in [0.29, 0.717) is 0 Å². The summed E-state index contributed by atoms with van der Waals surface area (Å²) in [5.74, 6) is -4.37. The summed E-state index contributed by atoms with van der Waals surface area (Å²) in [6, 6.07) is 30.7. The molecule has 12 N–H and O–H groups in total. The number of para-hydroxylation sites is 4. The standard InChI is InChI=1S/4C7H10O6P2.4Na.4H/c4*8-14(9,10)6-15(11,12)13-7-4-2-1-3-5-7;;;;;;;;/h4*1-5H,6H2,(H,11,12)(H2,8,9,10);;;;;;;;/q;;;;4*+1;4*-1. The van der Waals surface area contributed by atoms with Gasteiger partial charge in [0.1, 0.15) is 23.0 Å². The van der Waals surface area contributed by atoms with Gasteiger partial charge in [-0.1, -0.05) is 72.8 Å². The van der Waals surface area contributed by atoms with E-state index in [1.807, 2.05) is 0 Å². The molecule has 0 spiro atoms. The summed E-state index contributed by atoms with van der Waals surface area (Å²) in [7, 11) is -35.4. The van der Waals surface area contributed by atoms with Crippen molar-refractivity contribution in [3.8, 4) is 23.0 Å². The quantitative estimate of drug-likeness (QED) is 0.0367. The summed E-state index contributed by atoms with van der Waals surface area (Å²) >= 11 is 0. The Bertz CT molecular complexity index is 2010. The van der Waals surface area contributed by atoms with E-state index in [0.717, 1.165) is 0 Å². The van der Waals surface area contributed by atoms with Crippen LogP contribution in [0.3, 0.4) is 0 Å². The van der Waals surface area contributed by atoms with Crippen LogP contribution in [0.15, 0.2) is 121 Å². The van der Waals surface area contributed by atoms with Crippen LogP contribution >= 0.6 is 60.8 Å². The minimum Gasteiger partial charge on any atom is -1.00 e. The topological polar surface area (TPSA) is 416 Å². The molecule has 4 rings (SSSR count). The van der Waals surface area contributed by atoms with E-state index < -0.39 is 84.4 Å². The zero-order valence-corrected chi connectivity index (χ0v) is 49.4. The van der Waals surface area contributed by atoms with E-state index in [4.69, 9.17) is 58.7 Å². The van der Waals surface area contributed by atoms with Gasteiger partial charge in [-0.3, -0.25) is 18.3 Å². The van der Waals surface area contributed by atoms with Gasteiger partial charge >= 0.3 is 179 Å². The average Bonchev–Trinajstić information content (AvgIpc) is 3.02. The van der Waals surface area contributed by atoms with Gasteiger partial charge in [-0.2, -0.15) is 0 Å². The molecular formula is C28H44Na4O24P8. The first-order chi connectivity index (χ1) is 27.1. The maximum atomic E-state index is 11.2. The van der Waals surface area contributed by atoms with Crippen LogP contribution in [0, 0.1) is 0 Å². The molecule has 0 radical (unpaired) electrons. The Morgan fingerprint density at radius 1 is 0.281 bits per heavy atom. The van der Waals surface area contributed by atoms with Crippen molar-refractivity contribution < 1.29 is 237 Å². The molecule has 0 aliphatic carbocycles. The second-order valence-electron chi connectivity index (χ2n) is 11.4. The van der Waals surface area contributed by atoms with Crippen LogP contribution in [-0.4, -0.2) is 82.3 Å². The second-order valence-corrected chi connectivity index (χ2v) is 27.1. The van der Waals surface area contributed by atoms with Crippen LogP contribution in [0.2, 0.25) is 0 Å². The molecule has 0 amide bonds. The van der Waals surface area contributed by atoms with Crippen molar-refractivity contribution in [3.63, 3.8) is 0 Å². The molecule has 24 nitrogen and oxygen atoms in total. The fraction of sp³-hybridized carbons (Fsp3) is 0.143. The molecule has 0 saturated carbocycles. The summed E-state index contributed by atoms with van der Waals surface area (Å²) in [5.41, 5.74) is 0. The van der Waals surface area contributed by atoms with Crippen LogP contribution in [0.1, 0.15) is 5.71 Å². The third-order valence-corrected chi connectivity index (χ3v) is 19.0. The number of hydrogen-bond acceptors (Lipinski definition) is 12. The first kappa shape index (κ1) is 72.0. The zero-order valence-electron chi connectivity index (χ0n) is 38.2. The molecule has 0 fully saturated rings. The Labute approximate surface area is 460 Å². The van der Waals surface area contributed by atoms with Gasteiger partial charge in [-0.05, 0) is 48.5 Å². The fourth-order valence-corrected chi connectivity index (χ4v) is 13.8. The van der Waals surface area contributed by atoms with Gasteiger partial charge in [-0.15, -0.1) is 0 Å². The average molecular weight is 1100 g/mol.